The predicted molar refractivity (Wildman–Crippen MR) is 53.1 cm³/mol. The molecule has 0 aromatic carbocycles. The van der Waals surface area contributed by atoms with Gasteiger partial charge >= 0.3 is 0 Å². The largest absolute Gasteiger partial charge is 0.237 e. The Kier molecular flexibility index (Phi) is 2.31. The van der Waals surface area contributed by atoms with Crippen LogP contribution in [-0.2, 0) is 0 Å². The number of thioether (sulfide) groups is 1. The summed E-state index contributed by atoms with van der Waals surface area (Å²) in [7, 11) is 0. The highest BCUT2D eigenvalue weighted by atomic mass is 32.2. The number of nitrogens with zero attached hydrogens (tertiary/aromatic N) is 3. The highest BCUT2D eigenvalue weighted by Gasteiger charge is 1.98. The number of rotatable bonds is 2. The first-order valence-corrected chi connectivity index (χ1v) is 5.12. The fourth-order valence-electron chi connectivity index (χ4n) is 1.03. The quantitative estimate of drug-likeness (QED) is 0.680. The van der Waals surface area contributed by atoms with E-state index in [1.165, 1.54) is 0 Å². The topological polar surface area (TPSA) is 30.7 Å². The summed E-state index contributed by atoms with van der Waals surface area (Å²) in [6.07, 6.45) is 7.59. The fourth-order valence-corrected chi connectivity index (χ4v) is 1.38. The monoisotopic (exact) mass is 191 g/mol. The number of hydrogen-bond acceptors (Lipinski definition) is 3. The standard InChI is InChI=1S/C9H9N3S/c1-13-8-6-11-12(7-8)9-4-2-3-5-10-9/h2-7H,1H3. The molecule has 2 heterocycles. The van der Waals surface area contributed by atoms with Crippen LogP contribution in [0.5, 0.6) is 0 Å². The molecule has 0 aliphatic heterocycles. The van der Waals surface area contributed by atoms with Gasteiger partial charge in [0.1, 0.15) is 0 Å². The molecule has 0 spiro atoms. The van der Waals surface area contributed by atoms with Crippen LogP contribution in [0.4, 0.5) is 0 Å². The minimum absolute atomic E-state index is 0.850. The van der Waals surface area contributed by atoms with E-state index < -0.39 is 0 Å². The molecule has 3 nitrogen and oxygen atoms in total. The van der Waals surface area contributed by atoms with Crippen LogP contribution in [0.2, 0.25) is 0 Å². The van der Waals surface area contributed by atoms with Gasteiger partial charge in [-0.05, 0) is 18.4 Å². The van der Waals surface area contributed by atoms with E-state index >= 15 is 0 Å². The molecule has 0 fully saturated rings. The molecule has 0 aliphatic rings. The van der Waals surface area contributed by atoms with E-state index in [-0.39, 0.29) is 0 Å². The van der Waals surface area contributed by atoms with Crippen molar-refractivity contribution >= 4 is 11.8 Å². The van der Waals surface area contributed by atoms with Crippen LogP contribution in [0.3, 0.4) is 0 Å². The predicted octanol–water partition coefficient (Wildman–Crippen LogP) is 1.99. The van der Waals surface area contributed by atoms with Gasteiger partial charge in [0.25, 0.3) is 0 Å². The lowest BCUT2D eigenvalue weighted by Gasteiger charge is -1.96. The molecule has 0 unspecified atom stereocenters. The molecule has 0 radical (unpaired) electrons. The first-order chi connectivity index (χ1) is 6.40. The lowest BCUT2D eigenvalue weighted by molar-refractivity contribution is 0.846. The molecule has 66 valence electrons. The van der Waals surface area contributed by atoms with Crippen molar-refractivity contribution in [2.45, 2.75) is 4.90 Å². The zero-order valence-corrected chi connectivity index (χ0v) is 8.03. The molecule has 0 bridgehead atoms. The SMILES string of the molecule is CSc1cnn(-c2ccccn2)c1. The van der Waals surface area contributed by atoms with E-state index in [1.807, 2.05) is 36.8 Å². The molecule has 0 atom stereocenters. The highest BCUT2D eigenvalue weighted by molar-refractivity contribution is 7.98. The van der Waals surface area contributed by atoms with Crippen LogP contribution in [0.1, 0.15) is 0 Å². The maximum atomic E-state index is 4.19. The maximum Gasteiger partial charge on any atom is 0.153 e. The number of aromatic nitrogens is 3. The Hall–Kier alpha value is -1.29. The van der Waals surface area contributed by atoms with Gasteiger partial charge in [0.2, 0.25) is 0 Å². The molecule has 0 saturated carbocycles. The van der Waals surface area contributed by atoms with Crippen LogP contribution in [0.15, 0.2) is 41.7 Å². The van der Waals surface area contributed by atoms with E-state index in [0.29, 0.717) is 0 Å². The third-order valence-corrected chi connectivity index (χ3v) is 2.36. The lowest BCUT2D eigenvalue weighted by atomic mass is 10.5. The molecule has 0 saturated heterocycles. The summed E-state index contributed by atoms with van der Waals surface area (Å²) < 4.78 is 1.77. The van der Waals surface area contributed by atoms with E-state index in [1.54, 1.807) is 22.6 Å². The Morgan fingerprint density at radius 3 is 2.92 bits per heavy atom. The Bertz CT molecular complexity index is 383. The van der Waals surface area contributed by atoms with Gasteiger partial charge in [0.05, 0.1) is 6.20 Å². The summed E-state index contributed by atoms with van der Waals surface area (Å²) >= 11 is 1.67. The molecule has 13 heavy (non-hydrogen) atoms. The number of hydrogen-bond donors (Lipinski definition) is 0. The Morgan fingerprint density at radius 2 is 2.31 bits per heavy atom. The van der Waals surface area contributed by atoms with Crippen molar-refractivity contribution in [1.29, 1.82) is 0 Å². The highest BCUT2D eigenvalue weighted by Crippen LogP contribution is 2.14. The van der Waals surface area contributed by atoms with Gasteiger partial charge in [-0.15, -0.1) is 11.8 Å². The molecule has 4 heteroatoms. The second-order valence-corrected chi connectivity index (χ2v) is 3.39. The Labute approximate surface area is 80.8 Å². The van der Waals surface area contributed by atoms with Gasteiger partial charge in [0.15, 0.2) is 5.82 Å². The van der Waals surface area contributed by atoms with Gasteiger partial charge in [0, 0.05) is 17.3 Å². The zero-order chi connectivity index (χ0) is 9.10. The third-order valence-electron chi connectivity index (χ3n) is 1.68. The minimum Gasteiger partial charge on any atom is -0.237 e. The maximum absolute atomic E-state index is 4.19. The first kappa shape index (κ1) is 8.31. The molecular formula is C9H9N3S. The zero-order valence-electron chi connectivity index (χ0n) is 7.21. The molecule has 2 rings (SSSR count). The molecule has 2 aromatic heterocycles. The fraction of sp³-hybridized carbons (Fsp3) is 0.111. The van der Waals surface area contributed by atoms with Crippen molar-refractivity contribution in [2.24, 2.45) is 0 Å². The first-order valence-electron chi connectivity index (χ1n) is 3.90. The van der Waals surface area contributed by atoms with Crippen LogP contribution in [0, 0.1) is 0 Å². The second-order valence-electron chi connectivity index (χ2n) is 2.51. The summed E-state index contributed by atoms with van der Waals surface area (Å²) in [4.78, 5) is 5.33. The van der Waals surface area contributed by atoms with Gasteiger partial charge in [-0.1, -0.05) is 6.07 Å². The van der Waals surface area contributed by atoms with E-state index in [2.05, 4.69) is 10.1 Å². The van der Waals surface area contributed by atoms with Crippen molar-refractivity contribution in [3.05, 3.63) is 36.8 Å². The Morgan fingerprint density at radius 1 is 1.38 bits per heavy atom. The lowest BCUT2D eigenvalue weighted by Crippen LogP contribution is -1.95. The summed E-state index contributed by atoms with van der Waals surface area (Å²) in [6, 6.07) is 5.77. The minimum atomic E-state index is 0.850. The Balaban J connectivity index is 2.36. The van der Waals surface area contributed by atoms with Gasteiger partial charge in [-0.3, -0.25) is 0 Å². The van der Waals surface area contributed by atoms with Crippen molar-refractivity contribution in [2.75, 3.05) is 6.26 Å². The average Bonchev–Trinajstić information content (AvgIpc) is 2.67. The van der Waals surface area contributed by atoms with Crippen molar-refractivity contribution in [1.82, 2.24) is 14.8 Å². The van der Waals surface area contributed by atoms with Gasteiger partial charge in [-0.25, -0.2) is 9.67 Å². The van der Waals surface area contributed by atoms with Crippen molar-refractivity contribution in [3.8, 4) is 5.82 Å². The van der Waals surface area contributed by atoms with Crippen LogP contribution >= 0.6 is 11.8 Å². The summed E-state index contributed by atoms with van der Waals surface area (Å²) in [5.41, 5.74) is 0. The summed E-state index contributed by atoms with van der Waals surface area (Å²) in [6.45, 7) is 0. The molecule has 0 amide bonds. The molecular weight excluding hydrogens is 182 g/mol. The van der Waals surface area contributed by atoms with Crippen LogP contribution in [0.25, 0.3) is 5.82 Å². The van der Waals surface area contributed by atoms with Crippen LogP contribution < -0.4 is 0 Å². The van der Waals surface area contributed by atoms with Crippen molar-refractivity contribution < 1.29 is 0 Å². The van der Waals surface area contributed by atoms with E-state index in [9.17, 15) is 0 Å². The van der Waals surface area contributed by atoms with E-state index in [4.69, 9.17) is 0 Å². The smallest absolute Gasteiger partial charge is 0.153 e. The van der Waals surface area contributed by atoms with Gasteiger partial charge in [-0.2, -0.15) is 5.10 Å². The second kappa shape index (κ2) is 3.62. The molecule has 0 N–H and O–H groups in total. The average molecular weight is 191 g/mol. The number of pyridine rings is 1. The summed E-state index contributed by atoms with van der Waals surface area (Å²) in [5.74, 6) is 0.850. The molecule has 2 aromatic rings. The molecule has 0 aliphatic carbocycles. The normalized spacial score (nSPS) is 10.2. The van der Waals surface area contributed by atoms with Crippen LogP contribution in [-0.4, -0.2) is 21.0 Å². The van der Waals surface area contributed by atoms with Gasteiger partial charge < -0.3 is 0 Å². The van der Waals surface area contributed by atoms with E-state index in [0.717, 1.165) is 10.7 Å². The summed E-state index contributed by atoms with van der Waals surface area (Å²) in [5, 5.41) is 4.19. The third kappa shape index (κ3) is 1.72. The van der Waals surface area contributed by atoms with Crippen molar-refractivity contribution in [3.63, 3.8) is 0 Å².